The molecule has 1 aliphatic heterocycles. The average Bonchev–Trinajstić information content (AvgIpc) is 3.01. The van der Waals surface area contributed by atoms with Crippen molar-refractivity contribution < 1.29 is 9.32 Å². The Labute approximate surface area is 142 Å². The summed E-state index contributed by atoms with van der Waals surface area (Å²) in [7, 11) is 0. The molecule has 0 spiro atoms. The normalized spacial score (nSPS) is 13.8. The summed E-state index contributed by atoms with van der Waals surface area (Å²) in [5.74, 6) is 0.510. The molecule has 0 radical (unpaired) electrons. The zero-order chi connectivity index (χ0) is 17.1. The highest BCUT2D eigenvalue weighted by molar-refractivity contribution is 5.91. The summed E-state index contributed by atoms with van der Waals surface area (Å²) in [4.78, 5) is 16.8. The van der Waals surface area contributed by atoms with E-state index in [0.29, 0.717) is 12.5 Å². The molecule has 0 aromatic carbocycles. The molecular formula is C18H24N4O2. The van der Waals surface area contributed by atoms with Gasteiger partial charge in [-0.1, -0.05) is 19.0 Å². The van der Waals surface area contributed by atoms with Gasteiger partial charge < -0.3 is 15.2 Å². The van der Waals surface area contributed by atoms with Crippen LogP contribution in [0.3, 0.4) is 0 Å². The van der Waals surface area contributed by atoms with Crippen LogP contribution in [0, 0.1) is 12.8 Å². The van der Waals surface area contributed by atoms with Crippen LogP contribution in [0.25, 0.3) is 0 Å². The van der Waals surface area contributed by atoms with Crippen LogP contribution in [-0.2, 0) is 25.9 Å². The first kappa shape index (κ1) is 16.6. The molecule has 24 heavy (non-hydrogen) atoms. The molecule has 1 amide bonds. The number of pyridine rings is 1. The van der Waals surface area contributed by atoms with Crippen LogP contribution in [0.15, 0.2) is 16.8 Å². The highest BCUT2D eigenvalue weighted by Crippen LogP contribution is 2.20. The molecule has 0 unspecified atom stereocenters. The lowest BCUT2D eigenvalue weighted by molar-refractivity contribution is 0.0913. The van der Waals surface area contributed by atoms with Gasteiger partial charge in [0.25, 0.3) is 5.91 Å². The van der Waals surface area contributed by atoms with Crippen LogP contribution < -0.4 is 10.6 Å². The summed E-state index contributed by atoms with van der Waals surface area (Å²) in [5.41, 5.74) is 5.42. The van der Waals surface area contributed by atoms with Gasteiger partial charge >= 0.3 is 0 Å². The minimum atomic E-state index is -0.233. The number of carbonyl (C=O) groups excluding carboxylic acids is 1. The van der Waals surface area contributed by atoms with Gasteiger partial charge in [0, 0.05) is 31.0 Å². The molecule has 1 aliphatic rings. The van der Waals surface area contributed by atoms with E-state index in [4.69, 9.17) is 4.52 Å². The molecule has 2 aromatic rings. The van der Waals surface area contributed by atoms with Crippen LogP contribution in [-0.4, -0.2) is 22.6 Å². The topological polar surface area (TPSA) is 80.1 Å². The van der Waals surface area contributed by atoms with E-state index in [9.17, 15) is 4.79 Å². The Balaban J connectivity index is 1.69. The van der Waals surface area contributed by atoms with Crippen LogP contribution in [0.5, 0.6) is 0 Å². The maximum absolute atomic E-state index is 12.3. The zero-order valence-electron chi connectivity index (χ0n) is 14.5. The molecule has 0 aliphatic carbocycles. The van der Waals surface area contributed by atoms with Gasteiger partial charge in [-0.2, -0.15) is 0 Å². The Morgan fingerprint density at radius 3 is 3.08 bits per heavy atom. The Bertz CT molecular complexity index is 737. The zero-order valence-corrected chi connectivity index (χ0v) is 14.5. The highest BCUT2D eigenvalue weighted by atomic mass is 16.5. The Morgan fingerprint density at radius 2 is 2.29 bits per heavy atom. The van der Waals surface area contributed by atoms with Crippen LogP contribution >= 0.6 is 0 Å². The minimum Gasteiger partial charge on any atom is -0.351 e. The molecule has 0 atom stereocenters. The van der Waals surface area contributed by atoms with E-state index < -0.39 is 0 Å². The summed E-state index contributed by atoms with van der Waals surface area (Å²) in [6.45, 7) is 8.46. The third kappa shape index (κ3) is 3.64. The lowest BCUT2D eigenvalue weighted by atomic mass is 9.96. The molecule has 2 aromatic heterocycles. The summed E-state index contributed by atoms with van der Waals surface area (Å²) in [6.07, 6.45) is 3.69. The number of aromatic nitrogens is 2. The van der Waals surface area contributed by atoms with Gasteiger partial charge in [0.15, 0.2) is 0 Å². The molecule has 6 nitrogen and oxygen atoms in total. The monoisotopic (exact) mass is 328 g/mol. The fourth-order valence-electron chi connectivity index (χ4n) is 3.07. The number of aryl methyl sites for hydroxylation is 1. The predicted octanol–water partition coefficient (Wildman–Crippen LogP) is 2.15. The van der Waals surface area contributed by atoms with Gasteiger partial charge in [-0.05, 0) is 48.9 Å². The number of rotatable bonds is 5. The van der Waals surface area contributed by atoms with Crippen molar-refractivity contribution >= 4 is 5.91 Å². The standard InChI is InChI=1S/C18H24N4O2/c1-11(2)6-14-7-17(24-22-14)18(23)21-10-16-12(3)20-9-13-8-19-5-4-15(13)16/h7,9,11,19H,4-6,8,10H2,1-3H3,(H,21,23). The number of nitrogens with zero attached hydrogens (tertiary/aromatic N) is 2. The fraction of sp³-hybridized carbons (Fsp3) is 0.500. The Hall–Kier alpha value is -2.21. The summed E-state index contributed by atoms with van der Waals surface area (Å²) in [5, 5.41) is 10.2. The van der Waals surface area contributed by atoms with E-state index >= 15 is 0 Å². The first-order valence-corrected chi connectivity index (χ1v) is 8.45. The third-order valence-electron chi connectivity index (χ3n) is 4.30. The van der Waals surface area contributed by atoms with Crippen molar-refractivity contribution in [2.45, 2.75) is 46.7 Å². The smallest absolute Gasteiger partial charge is 0.290 e. The molecule has 0 saturated heterocycles. The first-order valence-electron chi connectivity index (χ1n) is 8.45. The molecule has 3 heterocycles. The SMILES string of the molecule is Cc1ncc2c(c1CNC(=O)c1cc(CC(C)C)no1)CCNC2. The quantitative estimate of drug-likeness (QED) is 0.879. The van der Waals surface area contributed by atoms with Gasteiger partial charge in [0.05, 0.1) is 5.69 Å². The van der Waals surface area contributed by atoms with Crippen molar-refractivity contribution in [2.75, 3.05) is 6.54 Å². The van der Waals surface area contributed by atoms with Gasteiger partial charge in [-0.3, -0.25) is 9.78 Å². The minimum absolute atomic E-state index is 0.233. The molecule has 2 N–H and O–H groups in total. The van der Waals surface area contributed by atoms with Crippen LogP contribution in [0.2, 0.25) is 0 Å². The van der Waals surface area contributed by atoms with E-state index in [0.717, 1.165) is 42.9 Å². The van der Waals surface area contributed by atoms with E-state index in [1.54, 1.807) is 6.07 Å². The molecule has 128 valence electrons. The molecular weight excluding hydrogens is 304 g/mol. The molecule has 6 heteroatoms. The average molecular weight is 328 g/mol. The lowest BCUT2D eigenvalue weighted by Gasteiger charge is -2.21. The van der Waals surface area contributed by atoms with Crippen molar-refractivity contribution in [1.82, 2.24) is 20.8 Å². The van der Waals surface area contributed by atoms with Crippen molar-refractivity contribution in [3.8, 4) is 0 Å². The molecule has 0 saturated carbocycles. The van der Waals surface area contributed by atoms with Gasteiger partial charge in [-0.25, -0.2) is 0 Å². The number of hydrogen-bond acceptors (Lipinski definition) is 5. The summed E-state index contributed by atoms with van der Waals surface area (Å²) < 4.78 is 5.17. The Morgan fingerprint density at radius 1 is 1.46 bits per heavy atom. The van der Waals surface area contributed by atoms with Crippen LogP contribution in [0.4, 0.5) is 0 Å². The van der Waals surface area contributed by atoms with Gasteiger partial charge in [-0.15, -0.1) is 0 Å². The number of nitrogens with one attached hydrogen (secondary N) is 2. The van der Waals surface area contributed by atoms with Gasteiger partial charge in [0.1, 0.15) is 0 Å². The maximum atomic E-state index is 12.3. The van der Waals surface area contributed by atoms with Gasteiger partial charge in [0.2, 0.25) is 5.76 Å². The largest absolute Gasteiger partial charge is 0.351 e. The van der Waals surface area contributed by atoms with Crippen LogP contribution in [0.1, 0.15) is 52.5 Å². The highest BCUT2D eigenvalue weighted by Gasteiger charge is 2.18. The third-order valence-corrected chi connectivity index (χ3v) is 4.30. The molecule has 3 rings (SSSR count). The van der Waals surface area contributed by atoms with Crippen molar-refractivity contribution in [2.24, 2.45) is 5.92 Å². The number of fused-ring (bicyclic) bond motifs is 1. The molecule has 0 bridgehead atoms. The van der Waals surface area contributed by atoms with E-state index in [1.165, 1.54) is 11.1 Å². The second-order valence-corrected chi connectivity index (χ2v) is 6.72. The predicted molar refractivity (Wildman–Crippen MR) is 90.6 cm³/mol. The Kier molecular flexibility index (Phi) is 4.94. The summed E-state index contributed by atoms with van der Waals surface area (Å²) in [6, 6.07) is 1.73. The van der Waals surface area contributed by atoms with Crippen molar-refractivity contribution in [3.05, 3.63) is 46.1 Å². The second-order valence-electron chi connectivity index (χ2n) is 6.72. The number of amides is 1. The van der Waals surface area contributed by atoms with Crippen molar-refractivity contribution in [1.29, 1.82) is 0 Å². The first-order chi connectivity index (χ1) is 11.5. The second kappa shape index (κ2) is 7.13. The molecule has 0 fully saturated rings. The summed E-state index contributed by atoms with van der Waals surface area (Å²) >= 11 is 0. The van der Waals surface area contributed by atoms with E-state index in [1.807, 2.05) is 13.1 Å². The lowest BCUT2D eigenvalue weighted by Crippen LogP contribution is -2.28. The number of hydrogen-bond donors (Lipinski definition) is 2. The van der Waals surface area contributed by atoms with Crippen molar-refractivity contribution in [3.63, 3.8) is 0 Å². The van der Waals surface area contributed by atoms with E-state index in [2.05, 4.69) is 34.6 Å². The fourth-order valence-corrected chi connectivity index (χ4v) is 3.07. The number of carbonyl (C=O) groups is 1. The maximum Gasteiger partial charge on any atom is 0.290 e. The van der Waals surface area contributed by atoms with E-state index in [-0.39, 0.29) is 11.7 Å².